The summed E-state index contributed by atoms with van der Waals surface area (Å²) in [5, 5.41) is 5.90. The first-order valence-electron chi connectivity index (χ1n) is 7.14. The lowest BCUT2D eigenvalue weighted by Crippen LogP contribution is -2.21. The van der Waals surface area contributed by atoms with E-state index in [1.54, 1.807) is 11.7 Å². The summed E-state index contributed by atoms with van der Waals surface area (Å²) in [5.41, 5.74) is 1.42. The van der Waals surface area contributed by atoms with E-state index in [1.807, 2.05) is 23.7 Å². The van der Waals surface area contributed by atoms with Crippen LogP contribution in [-0.2, 0) is 11.3 Å². The Morgan fingerprint density at radius 3 is 3.10 bits per heavy atom. The molecule has 2 aromatic heterocycles. The van der Waals surface area contributed by atoms with Crippen molar-refractivity contribution >= 4 is 16.5 Å². The minimum absolute atomic E-state index is 0.0275. The van der Waals surface area contributed by atoms with Crippen LogP contribution in [0.15, 0.2) is 28.5 Å². The van der Waals surface area contributed by atoms with Gasteiger partial charge in [-0.25, -0.2) is 4.98 Å². The van der Waals surface area contributed by atoms with Crippen molar-refractivity contribution in [3.8, 4) is 11.3 Å². The zero-order valence-electron chi connectivity index (χ0n) is 12.5. The molecule has 0 radical (unpaired) electrons. The molecule has 0 saturated heterocycles. The number of nitrogens with one attached hydrogen (secondary N) is 1. The maximum Gasteiger partial charge on any atom is 0.260 e. The monoisotopic (exact) mass is 307 g/mol. The zero-order valence-corrected chi connectivity index (χ0v) is 13.3. The van der Waals surface area contributed by atoms with Crippen molar-refractivity contribution in [3.05, 3.63) is 34.1 Å². The van der Waals surface area contributed by atoms with Crippen LogP contribution < -0.4 is 10.9 Å². The summed E-state index contributed by atoms with van der Waals surface area (Å²) in [5.74, 6) is 0. The first-order chi connectivity index (χ1) is 10.3. The van der Waals surface area contributed by atoms with Crippen LogP contribution in [0.1, 0.15) is 19.8 Å². The lowest BCUT2D eigenvalue weighted by molar-refractivity contribution is 0.211. The van der Waals surface area contributed by atoms with Gasteiger partial charge in [0.15, 0.2) is 5.13 Å². The molecule has 0 unspecified atom stereocenters. The summed E-state index contributed by atoms with van der Waals surface area (Å²) in [4.78, 5) is 16.9. The predicted molar refractivity (Wildman–Crippen MR) is 87.1 cm³/mol. The van der Waals surface area contributed by atoms with Gasteiger partial charge in [-0.05, 0) is 18.6 Å². The molecular formula is C15H21N3O2S. The molecule has 2 rings (SSSR count). The Kier molecular flexibility index (Phi) is 5.95. The van der Waals surface area contributed by atoms with Crippen molar-refractivity contribution in [1.82, 2.24) is 9.55 Å². The van der Waals surface area contributed by atoms with Gasteiger partial charge in [-0.15, -0.1) is 11.3 Å². The van der Waals surface area contributed by atoms with Crippen molar-refractivity contribution in [3.63, 3.8) is 0 Å². The van der Waals surface area contributed by atoms with E-state index in [4.69, 9.17) is 4.74 Å². The fourth-order valence-electron chi connectivity index (χ4n) is 1.97. The van der Waals surface area contributed by atoms with E-state index in [2.05, 4.69) is 17.2 Å². The van der Waals surface area contributed by atoms with Crippen molar-refractivity contribution in [2.45, 2.75) is 26.3 Å². The smallest absolute Gasteiger partial charge is 0.260 e. The highest BCUT2D eigenvalue weighted by atomic mass is 32.1. The molecule has 0 aliphatic heterocycles. The lowest BCUT2D eigenvalue weighted by Gasteiger charge is -2.06. The number of aromatic nitrogens is 2. The number of thiazole rings is 1. The average Bonchev–Trinajstić information content (AvgIpc) is 2.95. The quantitative estimate of drug-likeness (QED) is 0.762. The van der Waals surface area contributed by atoms with Gasteiger partial charge in [-0.3, -0.25) is 4.79 Å². The number of nitrogens with zero attached hydrogens (tertiary/aromatic N) is 2. The molecule has 0 atom stereocenters. The number of ether oxygens (including phenoxy) is 1. The third kappa shape index (κ3) is 4.15. The minimum atomic E-state index is 0.0275. The zero-order chi connectivity index (χ0) is 15.1. The molecule has 2 heterocycles. The molecule has 21 heavy (non-hydrogen) atoms. The first-order valence-corrected chi connectivity index (χ1v) is 8.02. The number of hydrogen-bond donors (Lipinski definition) is 1. The van der Waals surface area contributed by atoms with Gasteiger partial charge in [0.1, 0.15) is 0 Å². The summed E-state index contributed by atoms with van der Waals surface area (Å²) in [6.45, 7) is 4.21. The van der Waals surface area contributed by atoms with Crippen LogP contribution >= 0.6 is 11.3 Å². The van der Waals surface area contributed by atoms with Crippen molar-refractivity contribution < 1.29 is 4.74 Å². The molecule has 0 amide bonds. The van der Waals surface area contributed by atoms with E-state index in [9.17, 15) is 4.79 Å². The Bertz CT molecular complexity index is 621. The molecule has 2 aromatic rings. The molecule has 114 valence electrons. The second kappa shape index (κ2) is 7.95. The highest BCUT2D eigenvalue weighted by Gasteiger charge is 2.09. The van der Waals surface area contributed by atoms with E-state index >= 15 is 0 Å². The summed E-state index contributed by atoms with van der Waals surface area (Å²) >= 11 is 1.50. The van der Waals surface area contributed by atoms with E-state index < -0.39 is 0 Å². The molecule has 0 aliphatic rings. The highest BCUT2D eigenvalue weighted by Crippen LogP contribution is 2.22. The number of methoxy groups -OCH3 is 1. The highest BCUT2D eigenvalue weighted by molar-refractivity contribution is 7.14. The molecule has 0 aromatic carbocycles. The fraction of sp³-hybridized carbons (Fsp3) is 0.467. The van der Waals surface area contributed by atoms with E-state index in [0.29, 0.717) is 18.7 Å². The van der Waals surface area contributed by atoms with E-state index in [-0.39, 0.29) is 5.56 Å². The normalized spacial score (nSPS) is 10.8. The molecule has 0 aliphatic carbocycles. The number of hydrogen-bond acceptors (Lipinski definition) is 5. The maximum atomic E-state index is 12.4. The average molecular weight is 307 g/mol. The van der Waals surface area contributed by atoms with Crippen molar-refractivity contribution in [1.29, 1.82) is 0 Å². The predicted octanol–water partition coefficient (Wildman–Crippen LogP) is 2.83. The topological polar surface area (TPSA) is 56.1 Å². The van der Waals surface area contributed by atoms with Crippen LogP contribution in [0, 0.1) is 0 Å². The van der Waals surface area contributed by atoms with Crippen LogP contribution in [0.4, 0.5) is 5.13 Å². The van der Waals surface area contributed by atoms with Crippen LogP contribution in [0.25, 0.3) is 11.3 Å². The van der Waals surface area contributed by atoms with Crippen LogP contribution in [0.2, 0.25) is 0 Å². The summed E-state index contributed by atoms with van der Waals surface area (Å²) in [6, 6.07) is 3.74. The number of aryl methyl sites for hydroxylation is 1. The SMILES string of the molecule is CCCCn1cccc(-c2csc(NCCOC)n2)c1=O. The Morgan fingerprint density at radius 1 is 1.48 bits per heavy atom. The first kappa shape index (κ1) is 15.7. The van der Waals surface area contributed by atoms with E-state index in [1.165, 1.54) is 11.3 Å². The van der Waals surface area contributed by atoms with Crippen LogP contribution in [-0.4, -0.2) is 29.8 Å². The molecule has 5 nitrogen and oxygen atoms in total. The van der Waals surface area contributed by atoms with Crippen LogP contribution in [0.5, 0.6) is 0 Å². The standard InChI is InChI=1S/C15H21N3O2S/c1-3-4-8-18-9-5-6-12(14(18)19)13-11-21-15(17-13)16-7-10-20-2/h5-6,9,11H,3-4,7-8,10H2,1-2H3,(H,16,17). The molecule has 0 spiro atoms. The maximum absolute atomic E-state index is 12.4. The third-order valence-corrected chi connectivity index (χ3v) is 3.94. The molecule has 1 N–H and O–H groups in total. The minimum Gasteiger partial charge on any atom is -0.383 e. The van der Waals surface area contributed by atoms with Gasteiger partial charge < -0.3 is 14.6 Å². The summed E-state index contributed by atoms with van der Waals surface area (Å²) < 4.78 is 6.75. The lowest BCUT2D eigenvalue weighted by atomic mass is 10.2. The summed E-state index contributed by atoms with van der Waals surface area (Å²) in [7, 11) is 1.66. The number of rotatable bonds is 8. The molecule has 0 bridgehead atoms. The number of unbranched alkanes of at least 4 members (excludes halogenated alkanes) is 1. The van der Waals surface area contributed by atoms with Gasteiger partial charge >= 0.3 is 0 Å². The van der Waals surface area contributed by atoms with Gasteiger partial charge in [0.25, 0.3) is 5.56 Å². The Hall–Kier alpha value is -1.66. The van der Waals surface area contributed by atoms with Gasteiger partial charge in [-0.1, -0.05) is 13.3 Å². The molecule has 0 saturated carbocycles. The Balaban J connectivity index is 2.16. The van der Waals surface area contributed by atoms with Gasteiger partial charge in [0.05, 0.1) is 17.9 Å². The van der Waals surface area contributed by atoms with Crippen molar-refractivity contribution in [2.75, 3.05) is 25.6 Å². The van der Waals surface area contributed by atoms with Gasteiger partial charge in [-0.2, -0.15) is 0 Å². The number of pyridine rings is 1. The third-order valence-electron chi connectivity index (χ3n) is 3.14. The molecular weight excluding hydrogens is 286 g/mol. The van der Waals surface area contributed by atoms with Crippen LogP contribution in [0.3, 0.4) is 0 Å². The second-order valence-corrected chi connectivity index (χ2v) is 5.59. The number of anilines is 1. The second-order valence-electron chi connectivity index (χ2n) is 4.73. The van der Waals surface area contributed by atoms with Gasteiger partial charge in [0.2, 0.25) is 0 Å². The van der Waals surface area contributed by atoms with E-state index in [0.717, 1.165) is 30.2 Å². The molecule has 6 heteroatoms. The van der Waals surface area contributed by atoms with Crippen molar-refractivity contribution in [2.24, 2.45) is 0 Å². The Labute approximate surface area is 128 Å². The molecule has 0 fully saturated rings. The largest absolute Gasteiger partial charge is 0.383 e. The Morgan fingerprint density at radius 2 is 2.33 bits per heavy atom. The fourth-order valence-corrected chi connectivity index (χ4v) is 2.71. The summed E-state index contributed by atoms with van der Waals surface area (Å²) in [6.07, 6.45) is 3.91. The van der Waals surface area contributed by atoms with Gasteiger partial charge in [0, 0.05) is 31.8 Å².